The number of carbonyl (C=O) groups is 2. The van der Waals surface area contributed by atoms with E-state index in [0.717, 1.165) is 25.9 Å². The highest BCUT2D eigenvalue weighted by molar-refractivity contribution is 5.79. The topological polar surface area (TPSA) is 58.6 Å². The van der Waals surface area contributed by atoms with E-state index in [1.807, 2.05) is 4.90 Å². The van der Waals surface area contributed by atoms with Gasteiger partial charge >= 0.3 is 0 Å². The molecule has 0 unspecified atom stereocenters. The van der Waals surface area contributed by atoms with Gasteiger partial charge in [0.1, 0.15) is 0 Å². The maximum Gasteiger partial charge on any atom is 0.223 e. The Hall–Kier alpha value is -1.10. The molecule has 2 aliphatic heterocycles. The second kappa shape index (κ2) is 5.72. The fourth-order valence-electron chi connectivity index (χ4n) is 3.42. The maximum absolute atomic E-state index is 12.4. The summed E-state index contributed by atoms with van der Waals surface area (Å²) in [5.41, 5.74) is 0. The van der Waals surface area contributed by atoms with Gasteiger partial charge in [0.15, 0.2) is 0 Å². The summed E-state index contributed by atoms with van der Waals surface area (Å²) in [6, 6.07) is 0. The van der Waals surface area contributed by atoms with Crippen LogP contribution in [0.5, 0.6) is 0 Å². The normalized spacial score (nSPS) is 33.5. The molecule has 0 aromatic rings. The summed E-state index contributed by atoms with van der Waals surface area (Å²) in [6.07, 6.45) is 4.28. The van der Waals surface area contributed by atoms with Gasteiger partial charge in [-0.05, 0) is 31.6 Å². The number of hydrogen-bond donors (Lipinski definition) is 1. The van der Waals surface area contributed by atoms with Gasteiger partial charge < -0.3 is 15.0 Å². The number of amides is 2. The van der Waals surface area contributed by atoms with Gasteiger partial charge in [0, 0.05) is 45.0 Å². The van der Waals surface area contributed by atoms with Gasteiger partial charge in [0.25, 0.3) is 0 Å². The molecule has 1 N–H and O–H groups in total. The summed E-state index contributed by atoms with van der Waals surface area (Å²) in [5, 5.41) is 3.09. The second-order valence-corrected chi connectivity index (χ2v) is 6.41. The van der Waals surface area contributed by atoms with Gasteiger partial charge in [0.05, 0.1) is 6.10 Å². The SMILES string of the molecule is CC(=O)N1CC[C@H]2OCC[C@@H](C(=O)NCC3CC3)[C@@H]2C1. The molecule has 1 aliphatic carbocycles. The Morgan fingerprint density at radius 1 is 1.25 bits per heavy atom. The van der Waals surface area contributed by atoms with Crippen molar-refractivity contribution in [1.29, 1.82) is 0 Å². The third-order valence-electron chi connectivity index (χ3n) is 4.91. The lowest BCUT2D eigenvalue weighted by Crippen LogP contribution is -2.54. The fraction of sp³-hybridized carbons (Fsp3) is 0.867. The van der Waals surface area contributed by atoms with Crippen LogP contribution in [0.1, 0.15) is 32.6 Å². The van der Waals surface area contributed by atoms with Crippen LogP contribution in [-0.2, 0) is 14.3 Å². The molecule has 0 radical (unpaired) electrons. The van der Waals surface area contributed by atoms with E-state index in [0.29, 0.717) is 19.1 Å². The molecular formula is C15H24N2O3. The molecule has 1 saturated carbocycles. The van der Waals surface area contributed by atoms with Gasteiger partial charge in [-0.15, -0.1) is 0 Å². The van der Waals surface area contributed by atoms with Gasteiger partial charge in [-0.3, -0.25) is 9.59 Å². The number of ether oxygens (including phenoxy) is 1. The molecule has 20 heavy (non-hydrogen) atoms. The Morgan fingerprint density at radius 3 is 2.75 bits per heavy atom. The van der Waals surface area contributed by atoms with E-state index in [4.69, 9.17) is 4.74 Å². The first-order valence-corrected chi connectivity index (χ1v) is 7.80. The van der Waals surface area contributed by atoms with Crippen molar-refractivity contribution in [1.82, 2.24) is 10.2 Å². The molecule has 0 aromatic heterocycles. The summed E-state index contributed by atoms with van der Waals surface area (Å²) in [6.45, 7) is 4.52. The average molecular weight is 280 g/mol. The lowest BCUT2D eigenvalue weighted by Gasteiger charge is -2.44. The van der Waals surface area contributed by atoms with Crippen molar-refractivity contribution < 1.29 is 14.3 Å². The van der Waals surface area contributed by atoms with Crippen LogP contribution in [0, 0.1) is 17.8 Å². The highest BCUT2D eigenvalue weighted by Gasteiger charge is 2.42. The van der Waals surface area contributed by atoms with Crippen LogP contribution in [0.3, 0.4) is 0 Å². The number of piperidine rings is 1. The van der Waals surface area contributed by atoms with Gasteiger partial charge in [-0.25, -0.2) is 0 Å². The summed E-state index contributed by atoms with van der Waals surface area (Å²) in [4.78, 5) is 25.8. The van der Waals surface area contributed by atoms with Crippen molar-refractivity contribution in [2.75, 3.05) is 26.2 Å². The Labute approximate surface area is 120 Å². The van der Waals surface area contributed by atoms with Gasteiger partial charge in [-0.2, -0.15) is 0 Å². The Balaban J connectivity index is 1.62. The van der Waals surface area contributed by atoms with Crippen LogP contribution in [-0.4, -0.2) is 49.1 Å². The minimum atomic E-state index is 0.00894. The van der Waals surface area contributed by atoms with Crippen molar-refractivity contribution in [3.8, 4) is 0 Å². The third-order valence-corrected chi connectivity index (χ3v) is 4.91. The molecule has 5 nitrogen and oxygen atoms in total. The predicted molar refractivity (Wildman–Crippen MR) is 73.9 cm³/mol. The van der Waals surface area contributed by atoms with E-state index in [2.05, 4.69) is 5.32 Å². The summed E-state index contributed by atoms with van der Waals surface area (Å²) < 4.78 is 5.81. The number of rotatable bonds is 3. The minimum absolute atomic E-state index is 0.00894. The highest BCUT2D eigenvalue weighted by Crippen LogP contribution is 2.34. The fourth-order valence-corrected chi connectivity index (χ4v) is 3.42. The molecule has 2 saturated heterocycles. The van der Waals surface area contributed by atoms with Gasteiger partial charge in [0.2, 0.25) is 11.8 Å². The van der Waals surface area contributed by atoms with Crippen LogP contribution >= 0.6 is 0 Å². The van der Waals surface area contributed by atoms with Crippen molar-refractivity contribution in [2.45, 2.75) is 38.7 Å². The zero-order chi connectivity index (χ0) is 14.1. The van der Waals surface area contributed by atoms with Crippen molar-refractivity contribution in [2.24, 2.45) is 17.8 Å². The second-order valence-electron chi connectivity index (χ2n) is 6.41. The van der Waals surface area contributed by atoms with Gasteiger partial charge in [-0.1, -0.05) is 0 Å². The van der Waals surface area contributed by atoms with Crippen LogP contribution < -0.4 is 5.32 Å². The molecule has 2 amide bonds. The van der Waals surface area contributed by atoms with E-state index in [1.165, 1.54) is 12.8 Å². The molecule has 0 aromatic carbocycles. The number of fused-ring (bicyclic) bond motifs is 1. The molecule has 3 aliphatic rings. The largest absolute Gasteiger partial charge is 0.378 e. The summed E-state index contributed by atoms with van der Waals surface area (Å²) in [5.74, 6) is 1.15. The molecule has 3 rings (SSSR count). The monoisotopic (exact) mass is 280 g/mol. The van der Waals surface area contributed by atoms with Crippen LogP contribution in [0.4, 0.5) is 0 Å². The summed E-state index contributed by atoms with van der Waals surface area (Å²) in [7, 11) is 0. The average Bonchev–Trinajstić information content (AvgIpc) is 3.27. The van der Waals surface area contributed by atoms with E-state index in [-0.39, 0.29) is 29.8 Å². The zero-order valence-corrected chi connectivity index (χ0v) is 12.1. The lowest BCUT2D eigenvalue weighted by atomic mass is 9.79. The van der Waals surface area contributed by atoms with Crippen LogP contribution in [0.2, 0.25) is 0 Å². The number of likely N-dealkylation sites (tertiary alicyclic amines) is 1. The minimum Gasteiger partial charge on any atom is -0.378 e. The first-order valence-electron chi connectivity index (χ1n) is 7.80. The quantitative estimate of drug-likeness (QED) is 0.831. The van der Waals surface area contributed by atoms with E-state index in [1.54, 1.807) is 6.92 Å². The van der Waals surface area contributed by atoms with E-state index in [9.17, 15) is 9.59 Å². The molecule has 2 heterocycles. The van der Waals surface area contributed by atoms with Crippen LogP contribution in [0.15, 0.2) is 0 Å². The van der Waals surface area contributed by atoms with E-state index < -0.39 is 0 Å². The standard InChI is InChI=1S/C15H24N2O3/c1-10(18)17-6-4-14-13(9-17)12(5-7-20-14)15(19)16-8-11-2-3-11/h11-14H,2-9H2,1H3,(H,16,19)/t12-,13+,14-/m1/s1. The number of hydrogen-bond acceptors (Lipinski definition) is 3. The third kappa shape index (κ3) is 2.97. The molecule has 112 valence electrons. The Morgan fingerprint density at radius 2 is 2.05 bits per heavy atom. The smallest absolute Gasteiger partial charge is 0.223 e. The van der Waals surface area contributed by atoms with Crippen molar-refractivity contribution in [3.05, 3.63) is 0 Å². The lowest BCUT2D eigenvalue weighted by molar-refractivity contribution is -0.149. The number of carbonyl (C=O) groups excluding carboxylic acids is 2. The van der Waals surface area contributed by atoms with Crippen LogP contribution in [0.25, 0.3) is 0 Å². The van der Waals surface area contributed by atoms with Crippen molar-refractivity contribution in [3.63, 3.8) is 0 Å². The highest BCUT2D eigenvalue weighted by atomic mass is 16.5. The molecule has 3 fully saturated rings. The predicted octanol–water partition coefficient (Wildman–Crippen LogP) is 0.786. The molecule has 0 spiro atoms. The molecular weight excluding hydrogens is 256 g/mol. The molecule has 0 bridgehead atoms. The van der Waals surface area contributed by atoms with E-state index >= 15 is 0 Å². The maximum atomic E-state index is 12.4. The zero-order valence-electron chi connectivity index (χ0n) is 12.1. The molecule has 5 heteroatoms. The Bertz CT molecular complexity index is 395. The summed E-state index contributed by atoms with van der Waals surface area (Å²) >= 11 is 0. The first kappa shape index (κ1) is 13.9. The molecule has 3 atom stereocenters. The number of nitrogens with zero attached hydrogens (tertiary/aromatic N) is 1. The first-order chi connectivity index (χ1) is 9.65. The Kier molecular flexibility index (Phi) is 3.96. The number of nitrogens with one attached hydrogen (secondary N) is 1. The van der Waals surface area contributed by atoms with Crippen molar-refractivity contribution >= 4 is 11.8 Å².